The van der Waals surface area contributed by atoms with Crippen LogP contribution in [-0.4, -0.2) is 6.61 Å². The van der Waals surface area contributed by atoms with Gasteiger partial charge in [-0.3, -0.25) is 0 Å². The number of unbranched alkanes of at least 4 members (excludes halogenated alkanes) is 5. The van der Waals surface area contributed by atoms with Gasteiger partial charge in [-0.15, -0.1) is 0 Å². The highest BCUT2D eigenvalue weighted by atomic mass is 79.9. The summed E-state index contributed by atoms with van der Waals surface area (Å²) in [5, 5.41) is 0. The summed E-state index contributed by atoms with van der Waals surface area (Å²) in [6.07, 6.45) is 7.62. The van der Waals surface area contributed by atoms with Crippen molar-refractivity contribution in [2.75, 3.05) is 6.61 Å². The van der Waals surface area contributed by atoms with Crippen LogP contribution in [0.1, 0.15) is 67.7 Å². The smallest absolute Gasteiger partial charge is 0.119 e. The van der Waals surface area contributed by atoms with E-state index < -0.39 is 0 Å². The molecule has 0 aromatic heterocycles. The average Bonchev–Trinajstić information content (AvgIpc) is 2.93. The molecule has 0 radical (unpaired) electrons. The van der Waals surface area contributed by atoms with E-state index in [0.717, 1.165) is 23.2 Å². The molecule has 4 rings (SSSR count). The van der Waals surface area contributed by atoms with E-state index in [4.69, 9.17) is 4.74 Å². The van der Waals surface area contributed by atoms with Crippen LogP contribution in [0.2, 0.25) is 0 Å². The minimum absolute atomic E-state index is 0.778. The maximum Gasteiger partial charge on any atom is 0.119 e. The fourth-order valence-electron chi connectivity index (χ4n) is 4.53. The van der Waals surface area contributed by atoms with Gasteiger partial charge in [0.15, 0.2) is 0 Å². The van der Waals surface area contributed by atoms with Gasteiger partial charge in [-0.05, 0) is 64.1 Å². The van der Waals surface area contributed by atoms with Gasteiger partial charge in [0.2, 0.25) is 0 Å². The minimum atomic E-state index is 0.778. The summed E-state index contributed by atoms with van der Waals surface area (Å²) < 4.78 is 7.15. The van der Waals surface area contributed by atoms with E-state index in [1.165, 1.54) is 65.5 Å². The highest BCUT2D eigenvalue weighted by Gasteiger charge is 2.16. The summed E-state index contributed by atoms with van der Waals surface area (Å²) >= 11 is 3.60. The number of ether oxygens (including phenoxy) is 1. The third kappa shape index (κ3) is 7.21. The van der Waals surface area contributed by atoms with Crippen LogP contribution in [0, 0.1) is 0 Å². The molecule has 0 aliphatic carbocycles. The molecule has 0 heterocycles. The van der Waals surface area contributed by atoms with E-state index in [9.17, 15) is 0 Å². The van der Waals surface area contributed by atoms with Crippen LogP contribution in [0.5, 0.6) is 5.75 Å². The monoisotopic (exact) mass is 538 g/mol. The van der Waals surface area contributed by atoms with E-state index in [-0.39, 0.29) is 0 Å². The van der Waals surface area contributed by atoms with Crippen LogP contribution in [0.3, 0.4) is 0 Å². The summed E-state index contributed by atoms with van der Waals surface area (Å²) in [5.74, 6) is 0.934. The van der Waals surface area contributed by atoms with Gasteiger partial charge in [0.05, 0.1) is 6.61 Å². The van der Waals surface area contributed by atoms with Gasteiger partial charge >= 0.3 is 0 Å². The zero-order valence-electron chi connectivity index (χ0n) is 21.1. The Balaban J connectivity index is 1.67. The zero-order valence-corrected chi connectivity index (χ0v) is 22.7. The maximum absolute atomic E-state index is 6.08. The molecule has 184 valence electrons. The minimum Gasteiger partial charge on any atom is -0.494 e. The molecule has 0 fully saturated rings. The predicted octanol–water partition coefficient (Wildman–Crippen LogP) is 10.2. The first-order valence-corrected chi connectivity index (χ1v) is 13.9. The van der Waals surface area contributed by atoms with E-state index >= 15 is 0 Å². The Morgan fingerprint density at radius 3 is 1.50 bits per heavy atom. The summed E-state index contributed by atoms with van der Waals surface area (Å²) in [6.45, 7) is 3.03. The van der Waals surface area contributed by atoms with Gasteiger partial charge in [-0.25, -0.2) is 0 Å². The van der Waals surface area contributed by atoms with Gasteiger partial charge in [0, 0.05) is 4.47 Å². The van der Waals surface area contributed by atoms with Crippen molar-refractivity contribution < 1.29 is 4.74 Å². The molecule has 4 aromatic carbocycles. The lowest BCUT2D eigenvalue weighted by Crippen LogP contribution is -1.99. The average molecular weight is 540 g/mol. The molecule has 0 N–H and O–H groups in total. The number of halogens is 1. The van der Waals surface area contributed by atoms with Crippen molar-refractivity contribution in [1.82, 2.24) is 0 Å². The largest absolute Gasteiger partial charge is 0.494 e. The van der Waals surface area contributed by atoms with E-state index in [1.807, 2.05) is 0 Å². The zero-order chi connectivity index (χ0) is 25.0. The molecule has 0 bridgehead atoms. The van der Waals surface area contributed by atoms with Gasteiger partial charge in [-0.2, -0.15) is 0 Å². The van der Waals surface area contributed by atoms with Crippen LogP contribution >= 0.6 is 15.9 Å². The molecular weight excluding hydrogens is 504 g/mol. The number of hydrogen-bond donors (Lipinski definition) is 0. The number of rotatable bonds is 12. The fraction of sp³-hybridized carbons (Fsp3) is 0.235. The number of benzene rings is 4. The van der Waals surface area contributed by atoms with Crippen LogP contribution in [0.25, 0.3) is 11.1 Å². The molecule has 0 aliphatic rings. The summed E-state index contributed by atoms with van der Waals surface area (Å²) in [5.41, 5.74) is 7.19. The van der Waals surface area contributed by atoms with Crippen LogP contribution in [0.15, 0.2) is 114 Å². The van der Waals surface area contributed by atoms with Gasteiger partial charge in [-0.1, -0.05) is 140 Å². The third-order valence-electron chi connectivity index (χ3n) is 6.42. The van der Waals surface area contributed by atoms with Gasteiger partial charge in [0.25, 0.3) is 0 Å². The maximum atomic E-state index is 6.08. The van der Waals surface area contributed by atoms with Crippen molar-refractivity contribution in [1.29, 1.82) is 0 Å². The molecule has 0 saturated carbocycles. The Morgan fingerprint density at radius 2 is 0.972 bits per heavy atom. The topological polar surface area (TPSA) is 9.23 Å². The van der Waals surface area contributed by atoms with Crippen LogP contribution in [-0.2, 0) is 0 Å². The lowest BCUT2D eigenvalue weighted by atomic mass is 9.86. The second-order valence-corrected chi connectivity index (χ2v) is 10.0. The first kappa shape index (κ1) is 26.0. The van der Waals surface area contributed by atoms with E-state index in [2.05, 4.69) is 132 Å². The van der Waals surface area contributed by atoms with Crippen molar-refractivity contribution in [3.05, 3.63) is 136 Å². The normalized spacial score (nSPS) is 10.7. The van der Waals surface area contributed by atoms with E-state index in [0.29, 0.717) is 0 Å². The molecule has 0 saturated heterocycles. The Labute approximate surface area is 225 Å². The second kappa shape index (κ2) is 13.8. The van der Waals surface area contributed by atoms with Crippen molar-refractivity contribution in [3.8, 4) is 5.75 Å². The molecular formula is C34H35BrO. The lowest BCUT2D eigenvalue weighted by Gasteiger charge is -2.18. The molecule has 0 spiro atoms. The summed E-state index contributed by atoms with van der Waals surface area (Å²) in [6, 6.07) is 38.6. The first-order valence-electron chi connectivity index (χ1n) is 13.1. The molecule has 36 heavy (non-hydrogen) atoms. The highest BCUT2D eigenvalue weighted by Crippen LogP contribution is 2.37. The molecule has 2 heteroatoms. The summed E-state index contributed by atoms with van der Waals surface area (Å²) in [4.78, 5) is 0. The number of hydrogen-bond acceptors (Lipinski definition) is 1. The molecule has 0 amide bonds. The molecule has 4 aromatic rings. The molecule has 0 atom stereocenters. The highest BCUT2D eigenvalue weighted by molar-refractivity contribution is 9.10. The van der Waals surface area contributed by atoms with Crippen LogP contribution < -0.4 is 4.74 Å². The third-order valence-corrected chi connectivity index (χ3v) is 6.95. The standard InChI is InChI=1S/C34H35BrO/c1-2-3-4-5-6-13-26-36-32-24-20-30(21-25-32)34(29-18-22-31(35)23-19-29)33(27-14-9-7-10-15-27)28-16-11-8-12-17-28/h7-12,14-25H,2-6,13,26H2,1H3. The SMILES string of the molecule is CCCCCCCCOc1ccc(C(=C(c2ccccc2)c2ccccc2)c2ccc(Br)cc2)cc1. The first-order chi connectivity index (χ1) is 17.8. The van der Waals surface area contributed by atoms with Crippen molar-refractivity contribution in [2.24, 2.45) is 0 Å². The summed E-state index contributed by atoms with van der Waals surface area (Å²) in [7, 11) is 0. The van der Waals surface area contributed by atoms with Crippen molar-refractivity contribution in [3.63, 3.8) is 0 Å². The van der Waals surface area contributed by atoms with Crippen molar-refractivity contribution >= 4 is 27.1 Å². The molecule has 0 aliphatic heterocycles. The second-order valence-electron chi connectivity index (χ2n) is 9.13. The quantitative estimate of drug-likeness (QED) is 0.129. The van der Waals surface area contributed by atoms with Crippen LogP contribution in [0.4, 0.5) is 0 Å². The fourth-order valence-corrected chi connectivity index (χ4v) is 4.79. The Hall–Kier alpha value is -3.10. The Morgan fingerprint density at radius 1 is 0.528 bits per heavy atom. The molecule has 1 nitrogen and oxygen atoms in total. The van der Waals surface area contributed by atoms with Gasteiger partial charge < -0.3 is 4.74 Å². The molecule has 0 unspecified atom stereocenters. The van der Waals surface area contributed by atoms with Crippen molar-refractivity contribution in [2.45, 2.75) is 45.4 Å². The van der Waals surface area contributed by atoms with Gasteiger partial charge in [0.1, 0.15) is 5.75 Å². The predicted molar refractivity (Wildman–Crippen MR) is 157 cm³/mol. The Bertz CT molecular complexity index is 1170. The van der Waals surface area contributed by atoms with E-state index in [1.54, 1.807) is 0 Å². The lowest BCUT2D eigenvalue weighted by molar-refractivity contribution is 0.304. The Kier molecular flexibility index (Phi) is 9.99.